The summed E-state index contributed by atoms with van der Waals surface area (Å²) in [5.74, 6) is -0.231. The number of aliphatic hydroxyl groups is 1. The van der Waals surface area contributed by atoms with Crippen LogP contribution in [-0.2, 0) is 13.2 Å². The molecule has 0 radical (unpaired) electrons. The number of aromatic hydroxyl groups is 1. The van der Waals surface area contributed by atoms with E-state index in [-0.39, 0.29) is 24.7 Å². The third kappa shape index (κ3) is 2.72. The molecule has 0 aliphatic heterocycles. The van der Waals surface area contributed by atoms with Crippen molar-refractivity contribution in [2.45, 2.75) is 27.0 Å². The van der Waals surface area contributed by atoms with Crippen molar-refractivity contribution in [3.8, 4) is 5.75 Å². The lowest BCUT2D eigenvalue weighted by Crippen LogP contribution is -2.07. The number of hydrogen-bond donors (Lipinski definition) is 3. The Morgan fingerprint density at radius 1 is 1.30 bits per heavy atom. The van der Waals surface area contributed by atoms with Crippen molar-refractivity contribution in [1.82, 2.24) is 4.98 Å². The zero-order chi connectivity index (χ0) is 14.7. The molecule has 5 heteroatoms. The highest BCUT2D eigenvalue weighted by Gasteiger charge is 2.12. The van der Waals surface area contributed by atoms with Crippen LogP contribution in [-0.4, -0.2) is 15.2 Å². The van der Waals surface area contributed by atoms with E-state index in [1.54, 1.807) is 26.0 Å². The molecule has 2 rings (SSSR count). The van der Waals surface area contributed by atoms with Gasteiger partial charge in [0, 0.05) is 35.1 Å². The monoisotopic (exact) mass is 276 g/mol. The fourth-order valence-corrected chi connectivity index (χ4v) is 2.00. The number of anilines is 1. The molecule has 0 fully saturated rings. The van der Waals surface area contributed by atoms with Crippen LogP contribution in [0.15, 0.2) is 24.4 Å². The van der Waals surface area contributed by atoms with Gasteiger partial charge in [0.05, 0.1) is 12.3 Å². The largest absolute Gasteiger partial charge is 0.506 e. The minimum atomic E-state index is -0.285. The maximum absolute atomic E-state index is 13.5. The highest BCUT2D eigenvalue weighted by atomic mass is 19.1. The minimum Gasteiger partial charge on any atom is -0.506 e. The number of rotatable bonds is 4. The first-order valence-electron chi connectivity index (χ1n) is 6.30. The molecule has 20 heavy (non-hydrogen) atoms. The molecule has 0 spiro atoms. The molecule has 1 aromatic carbocycles. The molecule has 0 saturated carbocycles. The van der Waals surface area contributed by atoms with Crippen LogP contribution in [0.1, 0.15) is 22.4 Å². The van der Waals surface area contributed by atoms with Crippen LogP contribution in [0.5, 0.6) is 5.75 Å². The number of aliphatic hydroxyl groups excluding tert-OH is 1. The minimum absolute atomic E-state index is 0.0538. The Morgan fingerprint density at radius 3 is 2.75 bits per heavy atom. The van der Waals surface area contributed by atoms with E-state index in [1.165, 1.54) is 12.3 Å². The van der Waals surface area contributed by atoms with E-state index in [4.69, 9.17) is 0 Å². The van der Waals surface area contributed by atoms with E-state index in [9.17, 15) is 14.6 Å². The number of nitrogens with zero attached hydrogens (tertiary/aromatic N) is 1. The molecule has 4 nitrogen and oxygen atoms in total. The van der Waals surface area contributed by atoms with Crippen LogP contribution in [0.2, 0.25) is 0 Å². The summed E-state index contributed by atoms with van der Waals surface area (Å²) < 4.78 is 13.5. The molecule has 0 unspecified atom stereocenters. The van der Waals surface area contributed by atoms with Crippen LogP contribution in [0.4, 0.5) is 10.1 Å². The predicted octanol–water partition coefficient (Wildman–Crippen LogP) is 2.65. The summed E-state index contributed by atoms with van der Waals surface area (Å²) in [5, 5.41) is 22.4. The van der Waals surface area contributed by atoms with Gasteiger partial charge in [0.15, 0.2) is 0 Å². The van der Waals surface area contributed by atoms with Gasteiger partial charge in [-0.05, 0) is 26.0 Å². The lowest BCUT2D eigenvalue weighted by Gasteiger charge is -2.14. The molecule has 106 valence electrons. The molecule has 0 atom stereocenters. The summed E-state index contributed by atoms with van der Waals surface area (Å²) in [6, 6.07) is 4.78. The number of aromatic nitrogens is 1. The number of benzene rings is 1. The molecule has 0 bridgehead atoms. The summed E-state index contributed by atoms with van der Waals surface area (Å²) in [4.78, 5) is 4.00. The Balaban J connectivity index is 2.27. The molecule has 1 heterocycles. The van der Waals surface area contributed by atoms with Gasteiger partial charge in [0.25, 0.3) is 0 Å². The third-order valence-corrected chi connectivity index (χ3v) is 3.32. The molecule has 0 aliphatic rings. The highest BCUT2D eigenvalue weighted by molar-refractivity contribution is 5.52. The number of nitrogens with one attached hydrogen (secondary N) is 1. The van der Waals surface area contributed by atoms with Crippen molar-refractivity contribution < 1.29 is 14.6 Å². The SMILES string of the molecule is Cc1ncc(CO)c(CNc2cccc(F)c2C)c1O. The van der Waals surface area contributed by atoms with Crippen LogP contribution in [0, 0.1) is 19.7 Å². The Labute approximate surface area is 116 Å². The van der Waals surface area contributed by atoms with Crippen LogP contribution >= 0.6 is 0 Å². The molecule has 1 aromatic heterocycles. The average Bonchev–Trinajstić information content (AvgIpc) is 2.44. The van der Waals surface area contributed by atoms with Gasteiger partial charge in [-0.2, -0.15) is 0 Å². The van der Waals surface area contributed by atoms with Crippen molar-refractivity contribution in [1.29, 1.82) is 0 Å². The number of halogens is 1. The molecule has 0 saturated heterocycles. The molecule has 2 aromatic rings. The van der Waals surface area contributed by atoms with Crippen molar-refractivity contribution >= 4 is 5.69 Å². The second-order valence-electron chi connectivity index (χ2n) is 4.62. The second kappa shape index (κ2) is 5.88. The Bertz CT molecular complexity index is 630. The van der Waals surface area contributed by atoms with E-state index in [0.29, 0.717) is 28.1 Å². The smallest absolute Gasteiger partial charge is 0.142 e. The zero-order valence-electron chi connectivity index (χ0n) is 11.4. The van der Waals surface area contributed by atoms with Crippen molar-refractivity contribution in [3.05, 3.63) is 52.6 Å². The van der Waals surface area contributed by atoms with Crippen molar-refractivity contribution in [2.75, 3.05) is 5.32 Å². The Kier molecular flexibility index (Phi) is 4.20. The first-order chi connectivity index (χ1) is 9.54. The Morgan fingerprint density at radius 2 is 2.05 bits per heavy atom. The lowest BCUT2D eigenvalue weighted by atomic mass is 10.1. The molecule has 0 aliphatic carbocycles. The number of aryl methyl sites for hydroxylation is 1. The van der Waals surface area contributed by atoms with Gasteiger partial charge in [-0.25, -0.2) is 4.39 Å². The van der Waals surface area contributed by atoms with E-state index < -0.39 is 0 Å². The van der Waals surface area contributed by atoms with Gasteiger partial charge in [-0.3, -0.25) is 4.98 Å². The Hall–Kier alpha value is -2.14. The maximum atomic E-state index is 13.5. The summed E-state index contributed by atoms with van der Waals surface area (Å²) >= 11 is 0. The summed E-state index contributed by atoms with van der Waals surface area (Å²) in [7, 11) is 0. The second-order valence-corrected chi connectivity index (χ2v) is 4.62. The zero-order valence-corrected chi connectivity index (χ0v) is 11.4. The maximum Gasteiger partial charge on any atom is 0.142 e. The molecule has 3 N–H and O–H groups in total. The van der Waals surface area contributed by atoms with Crippen molar-refractivity contribution in [2.24, 2.45) is 0 Å². The quantitative estimate of drug-likeness (QED) is 0.803. The van der Waals surface area contributed by atoms with Crippen molar-refractivity contribution in [3.63, 3.8) is 0 Å². The van der Waals surface area contributed by atoms with Gasteiger partial charge >= 0.3 is 0 Å². The van der Waals surface area contributed by atoms with E-state index in [1.807, 2.05) is 0 Å². The first-order valence-corrected chi connectivity index (χ1v) is 6.30. The van der Waals surface area contributed by atoms with E-state index in [2.05, 4.69) is 10.3 Å². The lowest BCUT2D eigenvalue weighted by molar-refractivity contribution is 0.279. The van der Waals surface area contributed by atoms with Crippen LogP contribution in [0.3, 0.4) is 0 Å². The number of pyridine rings is 1. The van der Waals surface area contributed by atoms with Crippen LogP contribution < -0.4 is 5.32 Å². The summed E-state index contributed by atoms with van der Waals surface area (Å²) in [6.07, 6.45) is 1.53. The van der Waals surface area contributed by atoms with E-state index >= 15 is 0 Å². The molecular weight excluding hydrogens is 259 g/mol. The summed E-state index contributed by atoms with van der Waals surface area (Å²) in [6.45, 7) is 3.45. The highest BCUT2D eigenvalue weighted by Crippen LogP contribution is 2.26. The van der Waals surface area contributed by atoms with Gasteiger partial charge in [0.2, 0.25) is 0 Å². The normalized spacial score (nSPS) is 10.6. The van der Waals surface area contributed by atoms with Gasteiger partial charge in [-0.1, -0.05) is 6.07 Å². The first kappa shape index (κ1) is 14.3. The topological polar surface area (TPSA) is 65.4 Å². The average molecular weight is 276 g/mol. The van der Waals surface area contributed by atoms with Gasteiger partial charge < -0.3 is 15.5 Å². The predicted molar refractivity (Wildman–Crippen MR) is 75.0 cm³/mol. The fourth-order valence-electron chi connectivity index (χ4n) is 2.00. The fraction of sp³-hybridized carbons (Fsp3) is 0.267. The summed E-state index contributed by atoms with van der Waals surface area (Å²) in [5.41, 5.74) is 2.79. The number of hydrogen-bond acceptors (Lipinski definition) is 4. The standard InChI is InChI=1S/C15H17FN2O2/c1-9-13(16)4-3-5-14(9)18-7-12-11(8-19)6-17-10(2)15(12)20/h3-6,18-20H,7-8H2,1-2H3. The van der Waals surface area contributed by atoms with Crippen LogP contribution in [0.25, 0.3) is 0 Å². The van der Waals surface area contributed by atoms with Gasteiger partial charge in [0.1, 0.15) is 11.6 Å². The third-order valence-electron chi connectivity index (χ3n) is 3.32. The molecular formula is C15H17FN2O2. The van der Waals surface area contributed by atoms with E-state index in [0.717, 1.165) is 0 Å². The van der Waals surface area contributed by atoms with Gasteiger partial charge in [-0.15, -0.1) is 0 Å². The molecule has 0 amide bonds.